The molecule has 1 atom stereocenters. The lowest BCUT2D eigenvalue weighted by Crippen LogP contribution is -2.24. The Balaban J connectivity index is 2.17. The summed E-state index contributed by atoms with van der Waals surface area (Å²) in [6.07, 6.45) is 5.48. The van der Waals surface area contributed by atoms with Crippen molar-refractivity contribution in [3.63, 3.8) is 0 Å². The third kappa shape index (κ3) is 4.01. The van der Waals surface area contributed by atoms with E-state index < -0.39 is 0 Å². The predicted molar refractivity (Wildman–Crippen MR) is 78.2 cm³/mol. The molecule has 0 aliphatic rings. The number of rotatable bonds is 6. The first-order valence-electron chi connectivity index (χ1n) is 6.54. The van der Waals surface area contributed by atoms with Crippen LogP contribution in [0.3, 0.4) is 0 Å². The third-order valence-corrected chi connectivity index (χ3v) is 3.40. The van der Waals surface area contributed by atoms with Crippen LogP contribution in [-0.4, -0.2) is 16.7 Å². The number of hydrogen-bond acceptors (Lipinski definition) is 3. The Labute approximate surface area is 119 Å². The molecule has 1 aromatic carbocycles. The summed E-state index contributed by atoms with van der Waals surface area (Å²) in [5.74, 6) is 0. The molecule has 2 aromatic rings. The summed E-state index contributed by atoms with van der Waals surface area (Å²) in [6.45, 7) is 3.13. The maximum Gasteiger partial charge on any atom is 0.0544 e. The lowest BCUT2D eigenvalue weighted by atomic mass is 10.0. The Morgan fingerprint density at radius 2 is 2.05 bits per heavy atom. The van der Waals surface area contributed by atoms with E-state index in [4.69, 9.17) is 11.6 Å². The molecule has 1 unspecified atom stereocenters. The van der Waals surface area contributed by atoms with Gasteiger partial charge in [0.1, 0.15) is 0 Å². The molecular weight excluding hydrogens is 258 g/mol. The molecule has 0 aliphatic heterocycles. The van der Waals surface area contributed by atoms with Crippen molar-refractivity contribution in [2.75, 3.05) is 6.54 Å². The number of nitrogens with zero attached hydrogens (tertiary/aromatic N) is 2. The zero-order chi connectivity index (χ0) is 13.5. The van der Waals surface area contributed by atoms with E-state index >= 15 is 0 Å². The molecule has 4 heteroatoms. The summed E-state index contributed by atoms with van der Waals surface area (Å²) in [5, 5.41) is 12.1. The summed E-state index contributed by atoms with van der Waals surface area (Å²) in [4.78, 5) is 0. The van der Waals surface area contributed by atoms with Gasteiger partial charge in [0.05, 0.1) is 6.20 Å². The van der Waals surface area contributed by atoms with E-state index in [-0.39, 0.29) is 6.04 Å². The van der Waals surface area contributed by atoms with E-state index in [1.54, 1.807) is 6.20 Å². The zero-order valence-corrected chi connectivity index (χ0v) is 11.8. The van der Waals surface area contributed by atoms with Crippen LogP contribution in [0.5, 0.6) is 0 Å². The SMILES string of the molecule is CCCNC(Cc1ccccc1Cl)c1ccnnc1. The molecule has 0 amide bonds. The topological polar surface area (TPSA) is 37.8 Å². The van der Waals surface area contributed by atoms with E-state index in [9.17, 15) is 0 Å². The van der Waals surface area contributed by atoms with Gasteiger partial charge in [-0.15, -0.1) is 0 Å². The highest BCUT2D eigenvalue weighted by Gasteiger charge is 2.13. The number of halogens is 1. The van der Waals surface area contributed by atoms with Crippen LogP contribution in [0.1, 0.15) is 30.5 Å². The molecule has 0 spiro atoms. The molecule has 1 heterocycles. The molecule has 0 radical (unpaired) electrons. The van der Waals surface area contributed by atoms with Crippen LogP contribution in [-0.2, 0) is 6.42 Å². The normalized spacial score (nSPS) is 12.3. The van der Waals surface area contributed by atoms with E-state index in [1.807, 2.05) is 30.5 Å². The van der Waals surface area contributed by atoms with E-state index in [0.29, 0.717) is 0 Å². The first kappa shape index (κ1) is 14.0. The molecule has 0 aliphatic carbocycles. The minimum absolute atomic E-state index is 0.218. The number of hydrogen-bond donors (Lipinski definition) is 1. The molecule has 0 bridgehead atoms. The molecule has 1 aromatic heterocycles. The fourth-order valence-corrected chi connectivity index (χ4v) is 2.23. The van der Waals surface area contributed by atoms with Gasteiger partial charge in [0, 0.05) is 17.3 Å². The lowest BCUT2D eigenvalue weighted by Gasteiger charge is -2.19. The molecule has 3 nitrogen and oxygen atoms in total. The van der Waals surface area contributed by atoms with Crippen molar-refractivity contribution in [1.82, 2.24) is 15.5 Å². The highest BCUT2D eigenvalue weighted by atomic mass is 35.5. The Morgan fingerprint density at radius 1 is 1.21 bits per heavy atom. The summed E-state index contributed by atoms with van der Waals surface area (Å²) in [7, 11) is 0. The van der Waals surface area contributed by atoms with Crippen molar-refractivity contribution in [2.24, 2.45) is 0 Å². The van der Waals surface area contributed by atoms with Gasteiger partial charge in [-0.25, -0.2) is 0 Å². The average molecular weight is 276 g/mol. The van der Waals surface area contributed by atoms with E-state index in [0.717, 1.165) is 35.5 Å². The zero-order valence-electron chi connectivity index (χ0n) is 11.0. The second-order valence-corrected chi connectivity index (χ2v) is 4.89. The molecule has 0 saturated carbocycles. The van der Waals surface area contributed by atoms with Crippen molar-refractivity contribution in [3.05, 3.63) is 58.9 Å². The predicted octanol–water partition coefficient (Wildman–Crippen LogP) is 3.41. The van der Waals surface area contributed by atoms with Crippen LogP contribution in [0.15, 0.2) is 42.7 Å². The monoisotopic (exact) mass is 275 g/mol. The van der Waals surface area contributed by atoms with Crippen molar-refractivity contribution in [2.45, 2.75) is 25.8 Å². The number of nitrogens with one attached hydrogen (secondary N) is 1. The van der Waals surface area contributed by atoms with Gasteiger partial charge in [0.25, 0.3) is 0 Å². The molecule has 0 saturated heterocycles. The average Bonchev–Trinajstić information content (AvgIpc) is 2.46. The van der Waals surface area contributed by atoms with Crippen molar-refractivity contribution < 1.29 is 0 Å². The quantitative estimate of drug-likeness (QED) is 0.878. The number of aromatic nitrogens is 2. The summed E-state index contributed by atoms with van der Waals surface area (Å²) >= 11 is 6.23. The standard InChI is InChI=1S/C15H18ClN3/c1-2-8-17-15(13-7-9-18-19-11-13)10-12-5-3-4-6-14(12)16/h3-7,9,11,15,17H,2,8,10H2,1H3. The minimum atomic E-state index is 0.218. The Bertz CT molecular complexity index is 502. The molecule has 1 N–H and O–H groups in total. The van der Waals surface area contributed by atoms with Crippen LogP contribution >= 0.6 is 11.6 Å². The van der Waals surface area contributed by atoms with Gasteiger partial charge in [-0.05, 0) is 42.6 Å². The Morgan fingerprint density at radius 3 is 2.74 bits per heavy atom. The second kappa shape index (κ2) is 7.22. The molecule has 2 rings (SSSR count). The maximum absolute atomic E-state index is 6.23. The summed E-state index contributed by atoms with van der Waals surface area (Å²) in [5.41, 5.74) is 2.29. The number of benzene rings is 1. The van der Waals surface area contributed by atoms with Gasteiger partial charge < -0.3 is 5.32 Å². The van der Waals surface area contributed by atoms with Gasteiger partial charge in [-0.3, -0.25) is 0 Å². The largest absolute Gasteiger partial charge is 0.310 e. The second-order valence-electron chi connectivity index (χ2n) is 4.48. The highest BCUT2D eigenvalue weighted by molar-refractivity contribution is 6.31. The van der Waals surface area contributed by atoms with E-state index in [1.165, 1.54) is 0 Å². The fraction of sp³-hybridized carbons (Fsp3) is 0.333. The summed E-state index contributed by atoms with van der Waals surface area (Å²) < 4.78 is 0. The molecule has 100 valence electrons. The third-order valence-electron chi connectivity index (χ3n) is 3.03. The van der Waals surface area contributed by atoms with Gasteiger partial charge in [0.2, 0.25) is 0 Å². The fourth-order valence-electron chi connectivity index (χ4n) is 2.02. The molecular formula is C15H18ClN3. The Kier molecular flexibility index (Phi) is 5.31. The smallest absolute Gasteiger partial charge is 0.0544 e. The van der Waals surface area contributed by atoms with Crippen molar-refractivity contribution in [1.29, 1.82) is 0 Å². The van der Waals surface area contributed by atoms with Crippen LogP contribution in [0, 0.1) is 0 Å². The van der Waals surface area contributed by atoms with Crippen LogP contribution in [0.2, 0.25) is 5.02 Å². The first-order valence-corrected chi connectivity index (χ1v) is 6.92. The van der Waals surface area contributed by atoms with Gasteiger partial charge in [-0.2, -0.15) is 10.2 Å². The first-order chi connectivity index (χ1) is 9.31. The minimum Gasteiger partial charge on any atom is -0.310 e. The molecule has 19 heavy (non-hydrogen) atoms. The van der Waals surface area contributed by atoms with Crippen LogP contribution in [0.4, 0.5) is 0 Å². The molecule has 0 fully saturated rings. The van der Waals surface area contributed by atoms with Crippen molar-refractivity contribution >= 4 is 11.6 Å². The summed E-state index contributed by atoms with van der Waals surface area (Å²) in [6, 6.07) is 10.2. The van der Waals surface area contributed by atoms with Crippen molar-refractivity contribution in [3.8, 4) is 0 Å². The van der Waals surface area contributed by atoms with Gasteiger partial charge >= 0.3 is 0 Å². The maximum atomic E-state index is 6.23. The lowest BCUT2D eigenvalue weighted by molar-refractivity contribution is 0.527. The van der Waals surface area contributed by atoms with Crippen LogP contribution < -0.4 is 5.32 Å². The Hall–Kier alpha value is -1.45. The van der Waals surface area contributed by atoms with Gasteiger partial charge in [0.15, 0.2) is 0 Å². The van der Waals surface area contributed by atoms with Gasteiger partial charge in [-0.1, -0.05) is 36.7 Å². The highest BCUT2D eigenvalue weighted by Crippen LogP contribution is 2.22. The van der Waals surface area contributed by atoms with E-state index in [2.05, 4.69) is 28.5 Å². The van der Waals surface area contributed by atoms with Crippen LogP contribution in [0.25, 0.3) is 0 Å².